The molecule has 1 aliphatic rings. The van der Waals surface area contributed by atoms with Crippen molar-refractivity contribution in [1.82, 2.24) is 9.80 Å². The third-order valence-electron chi connectivity index (χ3n) is 2.68. The molecule has 0 saturated carbocycles. The Morgan fingerprint density at radius 3 is 2.83 bits per heavy atom. The normalized spacial score (nSPS) is 15.9. The van der Waals surface area contributed by atoms with Crippen LogP contribution in [-0.4, -0.2) is 41.3 Å². The van der Waals surface area contributed by atoms with Gasteiger partial charge in [0.05, 0.1) is 11.5 Å². The predicted molar refractivity (Wildman–Crippen MR) is 62.6 cm³/mol. The molecule has 1 aliphatic heterocycles. The van der Waals surface area contributed by atoms with Crippen molar-refractivity contribution in [3.8, 4) is 0 Å². The summed E-state index contributed by atoms with van der Waals surface area (Å²) in [7, 11) is 1.62. The van der Waals surface area contributed by atoms with Gasteiger partial charge < -0.3 is 9.64 Å². The highest BCUT2D eigenvalue weighted by Gasteiger charge is 2.25. The molecule has 7 nitrogen and oxygen atoms in total. The van der Waals surface area contributed by atoms with Gasteiger partial charge in [-0.25, -0.2) is 4.79 Å². The van der Waals surface area contributed by atoms with Crippen molar-refractivity contribution in [3.63, 3.8) is 0 Å². The van der Waals surface area contributed by atoms with Crippen molar-refractivity contribution in [2.45, 2.75) is 6.54 Å². The summed E-state index contributed by atoms with van der Waals surface area (Å²) in [6.45, 7) is 0.557. The molecule has 1 aromatic carbocycles. The topological polar surface area (TPSA) is 75.9 Å². The number of urea groups is 1. The van der Waals surface area contributed by atoms with E-state index in [9.17, 15) is 14.9 Å². The molecule has 0 atom stereocenters. The molecule has 2 rings (SSSR count). The number of benzene rings is 1. The van der Waals surface area contributed by atoms with Gasteiger partial charge in [-0.15, -0.1) is 0 Å². The molecule has 7 heteroatoms. The maximum absolute atomic E-state index is 11.8. The first kappa shape index (κ1) is 12.3. The summed E-state index contributed by atoms with van der Waals surface area (Å²) < 4.78 is 5.20. The van der Waals surface area contributed by atoms with E-state index in [1.165, 1.54) is 15.9 Å². The first-order valence-corrected chi connectivity index (χ1v) is 5.39. The minimum Gasteiger partial charge on any atom is -0.341 e. The largest absolute Gasteiger partial charge is 0.341 e. The van der Waals surface area contributed by atoms with Gasteiger partial charge in [0, 0.05) is 18.7 Å². The molecule has 0 bridgehead atoms. The van der Waals surface area contributed by atoms with E-state index in [0.717, 1.165) is 0 Å². The van der Waals surface area contributed by atoms with Crippen LogP contribution < -0.4 is 0 Å². The summed E-state index contributed by atoms with van der Waals surface area (Å²) in [5.74, 6) is 0. The Morgan fingerprint density at radius 2 is 2.11 bits per heavy atom. The van der Waals surface area contributed by atoms with Crippen molar-refractivity contribution in [3.05, 3.63) is 39.9 Å². The molecule has 1 heterocycles. The Labute approximate surface area is 104 Å². The average Bonchev–Trinajstić information content (AvgIpc) is 2.35. The van der Waals surface area contributed by atoms with E-state index in [1.54, 1.807) is 25.2 Å². The molecule has 2 amide bonds. The number of carbonyl (C=O) groups is 1. The van der Waals surface area contributed by atoms with Crippen LogP contribution in [0.25, 0.3) is 0 Å². The second-order valence-electron chi connectivity index (χ2n) is 4.03. The number of nitro benzene ring substituents is 1. The van der Waals surface area contributed by atoms with Crippen molar-refractivity contribution in [2.75, 3.05) is 20.5 Å². The van der Waals surface area contributed by atoms with Crippen LogP contribution in [0.5, 0.6) is 0 Å². The number of hydrogen-bond donors (Lipinski definition) is 0. The molecule has 0 spiro atoms. The highest BCUT2D eigenvalue weighted by Crippen LogP contribution is 2.20. The maximum Gasteiger partial charge on any atom is 0.323 e. The summed E-state index contributed by atoms with van der Waals surface area (Å²) >= 11 is 0. The predicted octanol–water partition coefficient (Wildman–Crippen LogP) is 1.39. The lowest BCUT2D eigenvalue weighted by Crippen LogP contribution is -2.48. The smallest absolute Gasteiger partial charge is 0.323 e. The molecule has 1 saturated heterocycles. The number of ether oxygens (including phenoxy) is 1. The second kappa shape index (κ2) is 5.01. The van der Waals surface area contributed by atoms with E-state index in [1.807, 2.05) is 0 Å². The Kier molecular flexibility index (Phi) is 3.42. The van der Waals surface area contributed by atoms with Gasteiger partial charge in [0.15, 0.2) is 0 Å². The van der Waals surface area contributed by atoms with Crippen LogP contribution in [0.1, 0.15) is 5.56 Å². The van der Waals surface area contributed by atoms with Gasteiger partial charge >= 0.3 is 6.03 Å². The van der Waals surface area contributed by atoms with Crippen molar-refractivity contribution in [2.24, 2.45) is 0 Å². The highest BCUT2D eigenvalue weighted by atomic mass is 16.6. The Hall–Kier alpha value is -2.15. The van der Waals surface area contributed by atoms with E-state index in [0.29, 0.717) is 5.56 Å². The molecule has 0 unspecified atom stereocenters. The molecule has 0 radical (unpaired) electrons. The lowest BCUT2D eigenvalue weighted by Gasteiger charge is -2.32. The van der Waals surface area contributed by atoms with Crippen LogP contribution in [0.15, 0.2) is 24.3 Å². The zero-order chi connectivity index (χ0) is 13.1. The van der Waals surface area contributed by atoms with Gasteiger partial charge in [-0.3, -0.25) is 15.0 Å². The van der Waals surface area contributed by atoms with E-state index < -0.39 is 4.92 Å². The van der Waals surface area contributed by atoms with E-state index in [-0.39, 0.29) is 31.7 Å². The number of nitro groups is 1. The van der Waals surface area contributed by atoms with Crippen LogP contribution in [-0.2, 0) is 11.3 Å². The van der Waals surface area contributed by atoms with Gasteiger partial charge in [-0.05, 0) is 0 Å². The first-order chi connectivity index (χ1) is 8.59. The Balaban J connectivity index is 2.18. The van der Waals surface area contributed by atoms with Crippen LogP contribution in [0.3, 0.4) is 0 Å². The first-order valence-electron chi connectivity index (χ1n) is 5.39. The van der Waals surface area contributed by atoms with Crippen LogP contribution in [0.2, 0.25) is 0 Å². The minimum absolute atomic E-state index is 0.0125. The zero-order valence-corrected chi connectivity index (χ0v) is 9.91. The fourth-order valence-corrected chi connectivity index (χ4v) is 1.78. The lowest BCUT2D eigenvalue weighted by molar-refractivity contribution is -0.385. The quantitative estimate of drug-likeness (QED) is 0.601. The third kappa shape index (κ3) is 2.40. The van der Waals surface area contributed by atoms with Gasteiger partial charge in [0.25, 0.3) is 5.69 Å². The van der Waals surface area contributed by atoms with E-state index in [2.05, 4.69) is 0 Å². The summed E-state index contributed by atoms with van der Waals surface area (Å²) in [5, 5.41) is 10.9. The molecule has 18 heavy (non-hydrogen) atoms. The van der Waals surface area contributed by atoms with E-state index >= 15 is 0 Å². The van der Waals surface area contributed by atoms with Crippen molar-refractivity contribution in [1.29, 1.82) is 0 Å². The van der Waals surface area contributed by atoms with Crippen LogP contribution in [0.4, 0.5) is 10.5 Å². The molecule has 0 N–H and O–H groups in total. The molecule has 1 aromatic rings. The number of para-hydroxylation sites is 1. The fourth-order valence-electron chi connectivity index (χ4n) is 1.78. The second-order valence-corrected chi connectivity index (χ2v) is 4.03. The summed E-state index contributed by atoms with van der Waals surface area (Å²) in [4.78, 5) is 25.1. The zero-order valence-electron chi connectivity index (χ0n) is 9.91. The van der Waals surface area contributed by atoms with Crippen LogP contribution >= 0.6 is 0 Å². The minimum atomic E-state index is -0.450. The van der Waals surface area contributed by atoms with Gasteiger partial charge in [0.2, 0.25) is 0 Å². The number of rotatable bonds is 3. The summed E-state index contributed by atoms with van der Waals surface area (Å²) in [5.41, 5.74) is 0.508. The monoisotopic (exact) mass is 251 g/mol. The SMILES string of the molecule is CN1COCN(Cc2ccccc2[N+](=O)[O-])C1=O. The standard InChI is InChI=1S/C11H13N3O4/c1-12-7-18-8-13(11(12)15)6-9-4-2-3-5-10(9)14(16)17/h2-5H,6-8H2,1H3. The molecule has 0 aliphatic carbocycles. The van der Waals surface area contributed by atoms with Crippen molar-refractivity contribution >= 4 is 11.7 Å². The lowest BCUT2D eigenvalue weighted by atomic mass is 10.1. The third-order valence-corrected chi connectivity index (χ3v) is 2.68. The summed E-state index contributed by atoms with van der Waals surface area (Å²) in [6, 6.07) is 6.18. The van der Waals surface area contributed by atoms with E-state index in [4.69, 9.17) is 4.74 Å². The maximum atomic E-state index is 11.8. The molecular weight excluding hydrogens is 238 g/mol. The summed E-state index contributed by atoms with van der Waals surface area (Å²) in [6.07, 6.45) is 0. The average molecular weight is 251 g/mol. The van der Waals surface area contributed by atoms with Gasteiger partial charge in [-0.2, -0.15) is 0 Å². The molecule has 1 fully saturated rings. The van der Waals surface area contributed by atoms with Gasteiger partial charge in [0.1, 0.15) is 13.5 Å². The number of amides is 2. The number of nitrogens with zero attached hydrogens (tertiary/aromatic N) is 3. The van der Waals surface area contributed by atoms with Gasteiger partial charge in [-0.1, -0.05) is 18.2 Å². The number of hydrogen-bond acceptors (Lipinski definition) is 4. The Bertz CT molecular complexity index is 477. The fraction of sp³-hybridized carbons (Fsp3) is 0.364. The van der Waals surface area contributed by atoms with Crippen molar-refractivity contribution < 1.29 is 14.5 Å². The number of carbonyl (C=O) groups excluding carboxylic acids is 1. The highest BCUT2D eigenvalue weighted by molar-refractivity contribution is 5.74. The Morgan fingerprint density at radius 1 is 1.39 bits per heavy atom. The molecule has 0 aromatic heterocycles. The van der Waals surface area contributed by atoms with Crippen LogP contribution in [0, 0.1) is 10.1 Å². The molecular formula is C11H13N3O4. The molecule has 96 valence electrons.